The molecule has 5 nitrogen and oxygen atoms in total. The average molecular weight is 394 g/mol. The third kappa shape index (κ3) is 4.89. The number of aryl methyl sites for hydroxylation is 1. The van der Waals surface area contributed by atoms with Crippen LogP contribution in [0.4, 0.5) is 0 Å². The first-order valence-electron chi connectivity index (χ1n) is 7.40. The number of amides is 1. The zero-order valence-electron chi connectivity index (χ0n) is 13.9. The van der Waals surface area contributed by atoms with Crippen LogP contribution in [0.2, 0.25) is 0 Å². The van der Waals surface area contributed by atoms with Gasteiger partial charge in [0.05, 0.1) is 14.2 Å². The van der Waals surface area contributed by atoms with Gasteiger partial charge in [-0.2, -0.15) is 0 Å². The standard InChI is InChI=1S/C18H20BrNO4/c1-12-8-14(5-6-15(12)19)24-11-18(21)20-10-13-4-7-16(22-2)17(9-13)23-3/h4-9H,10-11H2,1-3H3,(H,20,21). The summed E-state index contributed by atoms with van der Waals surface area (Å²) in [6.45, 7) is 2.32. The fourth-order valence-corrected chi connectivity index (χ4v) is 2.34. The van der Waals surface area contributed by atoms with Crippen molar-refractivity contribution in [1.82, 2.24) is 5.32 Å². The van der Waals surface area contributed by atoms with Crippen molar-refractivity contribution in [3.8, 4) is 17.2 Å². The van der Waals surface area contributed by atoms with E-state index in [0.717, 1.165) is 15.6 Å². The van der Waals surface area contributed by atoms with Gasteiger partial charge in [-0.1, -0.05) is 22.0 Å². The van der Waals surface area contributed by atoms with Crippen LogP contribution in [-0.4, -0.2) is 26.7 Å². The molecule has 0 spiro atoms. The van der Waals surface area contributed by atoms with Gasteiger partial charge in [-0.05, 0) is 48.4 Å². The van der Waals surface area contributed by atoms with E-state index >= 15 is 0 Å². The zero-order valence-corrected chi connectivity index (χ0v) is 15.5. The fraction of sp³-hybridized carbons (Fsp3) is 0.278. The van der Waals surface area contributed by atoms with Crippen molar-refractivity contribution in [1.29, 1.82) is 0 Å². The lowest BCUT2D eigenvalue weighted by atomic mass is 10.2. The predicted molar refractivity (Wildman–Crippen MR) is 95.8 cm³/mol. The first-order valence-corrected chi connectivity index (χ1v) is 8.19. The lowest BCUT2D eigenvalue weighted by Crippen LogP contribution is -2.28. The molecular weight excluding hydrogens is 374 g/mol. The number of carbonyl (C=O) groups is 1. The molecule has 0 aliphatic heterocycles. The summed E-state index contributed by atoms with van der Waals surface area (Å²) >= 11 is 3.43. The van der Waals surface area contributed by atoms with Gasteiger partial charge in [0.2, 0.25) is 0 Å². The topological polar surface area (TPSA) is 56.8 Å². The molecule has 1 N–H and O–H groups in total. The minimum absolute atomic E-state index is 0.0334. The van der Waals surface area contributed by atoms with Crippen LogP contribution in [0.15, 0.2) is 40.9 Å². The summed E-state index contributed by atoms with van der Waals surface area (Å²) in [6, 6.07) is 11.1. The van der Waals surface area contributed by atoms with E-state index in [4.69, 9.17) is 14.2 Å². The molecule has 0 saturated carbocycles. The van der Waals surface area contributed by atoms with Gasteiger partial charge >= 0.3 is 0 Å². The summed E-state index contributed by atoms with van der Waals surface area (Å²) in [7, 11) is 3.16. The van der Waals surface area contributed by atoms with Crippen molar-refractivity contribution < 1.29 is 19.0 Å². The average Bonchev–Trinajstić information content (AvgIpc) is 2.60. The molecule has 24 heavy (non-hydrogen) atoms. The second-order valence-electron chi connectivity index (χ2n) is 5.17. The number of carbonyl (C=O) groups excluding carboxylic acids is 1. The van der Waals surface area contributed by atoms with Crippen molar-refractivity contribution in [3.05, 3.63) is 52.0 Å². The van der Waals surface area contributed by atoms with Gasteiger partial charge in [0.1, 0.15) is 5.75 Å². The van der Waals surface area contributed by atoms with Crippen molar-refractivity contribution in [2.24, 2.45) is 0 Å². The highest BCUT2D eigenvalue weighted by atomic mass is 79.9. The molecule has 0 saturated heterocycles. The van der Waals surface area contributed by atoms with Crippen molar-refractivity contribution in [2.75, 3.05) is 20.8 Å². The van der Waals surface area contributed by atoms with Crippen molar-refractivity contribution >= 4 is 21.8 Å². The summed E-state index contributed by atoms with van der Waals surface area (Å²) in [4.78, 5) is 11.9. The highest BCUT2D eigenvalue weighted by molar-refractivity contribution is 9.10. The van der Waals surface area contributed by atoms with Crippen LogP contribution in [0, 0.1) is 6.92 Å². The van der Waals surface area contributed by atoms with Gasteiger partial charge < -0.3 is 19.5 Å². The molecule has 0 bridgehead atoms. The molecular formula is C18H20BrNO4. The van der Waals surface area contributed by atoms with E-state index in [0.29, 0.717) is 23.8 Å². The van der Waals surface area contributed by atoms with Gasteiger partial charge in [-0.25, -0.2) is 0 Å². The van der Waals surface area contributed by atoms with E-state index in [-0.39, 0.29) is 12.5 Å². The SMILES string of the molecule is COc1ccc(CNC(=O)COc2ccc(Br)c(C)c2)cc1OC. The Morgan fingerprint density at radius 2 is 1.83 bits per heavy atom. The second kappa shape index (κ2) is 8.59. The number of halogens is 1. The second-order valence-corrected chi connectivity index (χ2v) is 6.02. The number of hydrogen-bond donors (Lipinski definition) is 1. The molecule has 2 aromatic carbocycles. The highest BCUT2D eigenvalue weighted by Crippen LogP contribution is 2.27. The highest BCUT2D eigenvalue weighted by Gasteiger charge is 2.07. The number of methoxy groups -OCH3 is 2. The lowest BCUT2D eigenvalue weighted by Gasteiger charge is -2.11. The van der Waals surface area contributed by atoms with Crippen LogP contribution in [0.25, 0.3) is 0 Å². The van der Waals surface area contributed by atoms with Gasteiger partial charge in [0.25, 0.3) is 5.91 Å². The minimum atomic E-state index is -0.189. The third-order valence-electron chi connectivity index (χ3n) is 3.44. The predicted octanol–water partition coefficient (Wildman–Crippen LogP) is 3.47. The molecule has 0 aliphatic rings. The van der Waals surface area contributed by atoms with Crippen molar-refractivity contribution in [3.63, 3.8) is 0 Å². The van der Waals surface area contributed by atoms with E-state index < -0.39 is 0 Å². The molecule has 128 valence electrons. The molecule has 1 amide bonds. The number of ether oxygens (including phenoxy) is 3. The molecule has 0 heterocycles. The Kier molecular flexibility index (Phi) is 6.49. The Labute approximate surface area is 150 Å². The Balaban J connectivity index is 1.85. The molecule has 0 atom stereocenters. The Morgan fingerprint density at radius 3 is 2.50 bits per heavy atom. The monoisotopic (exact) mass is 393 g/mol. The molecule has 0 aromatic heterocycles. The summed E-state index contributed by atoms with van der Waals surface area (Å²) < 4.78 is 16.9. The molecule has 2 aromatic rings. The van der Waals surface area contributed by atoms with E-state index in [1.807, 2.05) is 37.3 Å². The number of nitrogens with one attached hydrogen (secondary N) is 1. The summed E-state index contributed by atoms with van der Waals surface area (Å²) in [5, 5.41) is 2.81. The summed E-state index contributed by atoms with van der Waals surface area (Å²) in [5.74, 6) is 1.76. The molecule has 0 unspecified atom stereocenters. The molecule has 0 radical (unpaired) electrons. The number of hydrogen-bond acceptors (Lipinski definition) is 4. The first-order chi connectivity index (χ1) is 11.5. The largest absolute Gasteiger partial charge is 0.493 e. The maximum absolute atomic E-state index is 11.9. The van der Waals surface area contributed by atoms with Gasteiger partial charge in [-0.15, -0.1) is 0 Å². The maximum atomic E-state index is 11.9. The van der Waals surface area contributed by atoms with Gasteiger partial charge in [0.15, 0.2) is 18.1 Å². The van der Waals surface area contributed by atoms with Crippen LogP contribution >= 0.6 is 15.9 Å². The molecule has 0 aliphatic carbocycles. The van der Waals surface area contributed by atoms with E-state index in [1.165, 1.54) is 0 Å². The van der Waals surface area contributed by atoms with E-state index in [1.54, 1.807) is 20.3 Å². The Hall–Kier alpha value is -2.21. The normalized spacial score (nSPS) is 10.2. The van der Waals surface area contributed by atoms with Crippen molar-refractivity contribution in [2.45, 2.75) is 13.5 Å². The van der Waals surface area contributed by atoms with Gasteiger partial charge in [-0.3, -0.25) is 4.79 Å². The van der Waals surface area contributed by atoms with Crippen LogP contribution in [-0.2, 0) is 11.3 Å². The summed E-state index contributed by atoms with van der Waals surface area (Å²) in [5.41, 5.74) is 1.97. The fourth-order valence-electron chi connectivity index (χ4n) is 2.10. The lowest BCUT2D eigenvalue weighted by molar-refractivity contribution is -0.123. The first kappa shape index (κ1) is 18.1. The van der Waals surface area contributed by atoms with Crippen LogP contribution in [0.3, 0.4) is 0 Å². The third-order valence-corrected chi connectivity index (χ3v) is 4.33. The van der Waals surface area contributed by atoms with E-state index in [2.05, 4.69) is 21.2 Å². The Morgan fingerprint density at radius 1 is 1.08 bits per heavy atom. The minimum Gasteiger partial charge on any atom is -0.493 e. The number of rotatable bonds is 7. The maximum Gasteiger partial charge on any atom is 0.258 e. The Bertz CT molecular complexity index is 718. The molecule has 2 rings (SSSR count). The number of benzene rings is 2. The van der Waals surface area contributed by atoms with Crippen LogP contribution in [0.5, 0.6) is 17.2 Å². The quantitative estimate of drug-likeness (QED) is 0.782. The summed E-state index contributed by atoms with van der Waals surface area (Å²) in [6.07, 6.45) is 0. The molecule has 0 fully saturated rings. The van der Waals surface area contributed by atoms with Gasteiger partial charge in [0, 0.05) is 11.0 Å². The molecule has 6 heteroatoms. The van der Waals surface area contributed by atoms with Crippen LogP contribution < -0.4 is 19.5 Å². The zero-order chi connectivity index (χ0) is 17.5. The van der Waals surface area contributed by atoms with Crippen LogP contribution in [0.1, 0.15) is 11.1 Å². The van der Waals surface area contributed by atoms with E-state index in [9.17, 15) is 4.79 Å². The smallest absolute Gasteiger partial charge is 0.258 e.